The molecule has 112 valence electrons. The van der Waals surface area contributed by atoms with E-state index in [-0.39, 0.29) is 6.04 Å². The molecule has 1 aromatic heterocycles. The fraction of sp³-hybridized carbons (Fsp3) is 0.467. The Morgan fingerprint density at radius 2 is 2.15 bits per heavy atom. The van der Waals surface area contributed by atoms with Crippen molar-refractivity contribution in [2.45, 2.75) is 40.2 Å². The zero-order valence-corrected chi connectivity index (χ0v) is 13.1. The molecular weight excluding hydrogens is 252 g/mol. The van der Waals surface area contributed by atoms with Crippen molar-refractivity contribution in [1.29, 1.82) is 0 Å². The molecule has 5 heteroatoms. The second kappa shape index (κ2) is 9.97. The van der Waals surface area contributed by atoms with Crippen LogP contribution in [0.4, 0.5) is 0 Å². The molecule has 0 amide bonds. The van der Waals surface area contributed by atoms with Crippen LogP contribution in [0.2, 0.25) is 0 Å². The molecule has 0 aliphatic rings. The van der Waals surface area contributed by atoms with Crippen molar-refractivity contribution in [3.63, 3.8) is 0 Å². The van der Waals surface area contributed by atoms with Gasteiger partial charge in [0, 0.05) is 18.3 Å². The average Bonchev–Trinajstić information content (AvgIpc) is 2.95. The lowest BCUT2D eigenvalue weighted by Crippen LogP contribution is -2.05. The Labute approximate surface area is 121 Å². The summed E-state index contributed by atoms with van der Waals surface area (Å²) in [6.45, 7) is 11.6. The van der Waals surface area contributed by atoms with Crippen LogP contribution < -0.4 is 11.1 Å². The van der Waals surface area contributed by atoms with Crippen molar-refractivity contribution in [3.8, 4) is 0 Å². The molecule has 0 fully saturated rings. The number of nitrogens with two attached hydrogens (primary N) is 1. The van der Waals surface area contributed by atoms with E-state index >= 15 is 0 Å². The number of likely N-dealkylation sites (N-methyl/N-ethyl adjacent to an activating group) is 1. The van der Waals surface area contributed by atoms with Gasteiger partial charge in [0.2, 0.25) is 11.7 Å². The first kappa shape index (κ1) is 18.1. The quantitative estimate of drug-likeness (QED) is 0.781. The monoisotopic (exact) mass is 278 g/mol. The number of hydrogen-bond acceptors (Lipinski definition) is 5. The Hall–Kier alpha value is -1.88. The van der Waals surface area contributed by atoms with E-state index in [2.05, 4.69) is 35.0 Å². The first-order valence-corrected chi connectivity index (χ1v) is 6.94. The van der Waals surface area contributed by atoms with Crippen molar-refractivity contribution in [1.82, 2.24) is 15.5 Å². The topological polar surface area (TPSA) is 77.0 Å². The molecule has 20 heavy (non-hydrogen) atoms. The maximum absolute atomic E-state index is 5.68. The summed E-state index contributed by atoms with van der Waals surface area (Å²) in [5, 5.41) is 6.99. The zero-order chi connectivity index (χ0) is 15.5. The molecule has 0 aliphatic carbocycles. The third-order valence-corrected chi connectivity index (χ3v) is 2.33. The molecular formula is C15H26N4O. The Bertz CT molecular complexity index is 458. The van der Waals surface area contributed by atoms with Crippen LogP contribution in [0, 0.1) is 0 Å². The van der Waals surface area contributed by atoms with Gasteiger partial charge in [-0.3, -0.25) is 0 Å². The van der Waals surface area contributed by atoms with Gasteiger partial charge in [-0.25, -0.2) is 0 Å². The van der Waals surface area contributed by atoms with Gasteiger partial charge in [-0.2, -0.15) is 4.98 Å². The maximum atomic E-state index is 5.68. The summed E-state index contributed by atoms with van der Waals surface area (Å²) < 4.78 is 5.07. The molecule has 5 nitrogen and oxygen atoms in total. The van der Waals surface area contributed by atoms with E-state index < -0.39 is 0 Å². The van der Waals surface area contributed by atoms with Gasteiger partial charge >= 0.3 is 0 Å². The summed E-state index contributed by atoms with van der Waals surface area (Å²) in [5.41, 5.74) is 7.46. The van der Waals surface area contributed by atoms with E-state index in [1.165, 1.54) is 0 Å². The highest BCUT2D eigenvalue weighted by Crippen LogP contribution is 2.16. The minimum absolute atomic E-state index is 0.271. The molecule has 0 spiro atoms. The Kier molecular flexibility index (Phi) is 9.04. The SMILES string of the molecule is C=C/C(=C\C(=C\CC)NC)c1noc(C(C)N)n1.CC. The van der Waals surface area contributed by atoms with Crippen molar-refractivity contribution >= 4 is 5.57 Å². The third-order valence-electron chi connectivity index (χ3n) is 2.33. The van der Waals surface area contributed by atoms with Gasteiger partial charge < -0.3 is 15.6 Å². The van der Waals surface area contributed by atoms with Gasteiger partial charge in [0.05, 0.1) is 6.04 Å². The molecule has 1 rings (SSSR count). The van der Waals surface area contributed by atoms with Gasteiger partial charge in [-0.15, -0.1) is 0 Å². The Balaban J connectivity index is 0.00000172. The van der Waals surface area contributed by atoms with E-state index in [0.717, 1.165) is 17.7 Å². The largest absolute Gasteiger partial charge is 0.388 e. The summed E-state index contributed by atoms with van der Waals surface area (Å²) >= 11 is 0. The van der Waals surface area contributed by atoms with Gasteiger partial charge in [0.1, 0.15) is 0 Å². The van der Waals surface area contributed by atoms with Gasteiger partial charge in [-0.05, 0) is 19.4 Å². The molecule has 1 heterocycles. The van der Waals surface area contributed by atoms with E-state index in [9.17, 15) is 0 Å². The molecule has 1 aromatic rings. The van der Waals surface area contributed by atoms with Crippen molar-refractivity contribution in [2.24, 2.45) is 5.73 Å². The van der Waals surface area contributed by atoms with Gasteiger partial charge in [0.25, 0.3) is 0 Å². The van der Waals surface area contributed by atoms with Gasteiger partial charge in [-0.1, -0.05) is 44.7 Å². The van der Waals surface area contributed by atoms with Gasteiger partial charge in [0.15, 0.2) is 0 Å². The minimum Gasteiger partial charge on any atom is -0.388 e. The number of nitrogens with zero attached hydrogens (tertiary/aromatic N) is 2. The van der Waals surface area contributed by atoms with Crippen LogP contribution >= 0.6 is 0 Å². The number of hydrogen-bond donors (Lipinski definition) is 2. The molecule has 3 N–H and O–H groups in total. The fourth-order valence-electron chi connectivity index (χ4n) is 1.37. The number of nitrogens with one attached hydrogen (secondary N) is 1. The molecule has 1 atom stereocenters. The summed E-state index contributed by atoms with van der Waals surface area (Å²) in [6.07, 6.45) is 6.62. The first-order chi connectivity index (χ1) is 9.62. The summed E-state index contributed by atoms with van der Waals surface area (Å²) in [6, 6.07) is -0.271. The van der Waals surface area contributed by atoms with Crippen molar-refractivity contribution in [3.05, 3.63) is 42.2 Å². The second-order valence-electron chi connectivity index (χ2n) is 3.87. The lowest BCUT2D eigenvalue weighted by molar-refractivity contribution is 0.360. The van der Waals surface area contributed by atoms with E-state index in [1.54, 1.807) is 13.0 Å². The summed E-state index contributed by atoms with van der Waals surface area (Å²) in [5.74, 6) is 0.915. The van der Waals surface area contributed by atoms with E-state index in [0.29, 0.717) is 11.7 Å². The highest BCUT2D eigenvalue weighted by molar-refractivity contribution is 5.70. The number of rotatable bonds is 6. The van der Waals surface area contributed by atoms with Crippen LogP contribution in [0.15, 0.2) is 35.0 Å². The van der Waals surface area contributed by atoms with E-state index in [4.69, 9.17) is 10.3 Å². The minimum atomic E-state index is -0.271. The van der Waals surface area contributed by atoms with Crippen molar-refractivity contribution in [2.75, 3.05) is 7.05 Å². The number of aromatic nitrogens is 2. The van der Waals surface area contributed by atoms with Crippen LogP contribution in [0.25, 0.3) is 5.57 Å². The highest BCUT2D eigenvalue weighted by atomic mass is 16.5. The maximum Gasteiger partial charge on any atom is 0.243 e. The highest BCUT2D eigenvalue weighted by Gasteiger charge is 2.12. The number of allylic oxidation sites excluding steroid dienone is 4. The standard InChI is InChI=1S/C13H20N4O.C2H6/c1-5-7-11(15-4)8-10(6-2)12-16-13(9(3)14)18-17-12;1-2/h6-9,15H,2,5,14H2,1,3-4H3;1-2H3/b10-8+,11-7-;. The third kappa shape index (κ3) is 5.40. The first-order valence-electron chi connectivity index (χ1n) is 6.94. The second-order valence-corrected chi connectivity index (χ2v) is 3.87. The zero-order valence-electron chi connectivity index (χ0n) is 13.1. The summed E-state index contributed by atoms with van der Waals surface area (Å²) in [7, 11) is 1.86. The Morgan fingerprint density at radius 3 is 2.55 bits per heavy atom. The van der Waals surface area contributed by atoms with Crippen LogP contribution in [0.1, 0.15) is 51.9 Å². The Morgan fingerprint density at radius 1 is 1.50 bits per heavy atom. The lowest BCUT2D eigenvalue weighted by atomic mass is 10.2. The lowest BCUT2D eigenvalue weighted by Gasteiger charge is -2.02. The molecule has 0 aliphatic heterocycles. The predicted molar refractivity (Wildman–Crippen MR) is 83.9 cm³/mol. The normalized spacial score (nSPS) is 13.3. The van der Waals surface area contributed by atoms with Crippen LogP contribution in [-0.4, -0.2) is 17.2 Å². The molecule has 1 unspecified atom stereocenters. The van der Waals surface area contributed by atoms with Crippen LogP contribution in [0.3, 0.4) is 0 Å². The predicted octanol–water partition coefficient (Wildman–Crippen LogP) is 3.20. The van der Waals surface area contributed by atoms with Crippen LogP contribution in [-0.2, 0) is 0 Å². The molecule has 0 saturated heterocycles. The molecule has 0 bridgehead atoms. The summed E-state index contributed by atoms with van der Waals surface area (Å²) in [4.78, 5) is 4.23. The molecule has 0 aromatic carbocycles. The molecule has 0 radical (unpaired) electrons. The average molecular weight is 278 g/mol. The van der Waals surface area contributed by atoms with Crippen LogP contribution in [0.5, 0.6) is 0 Å². The molecule has 0 saturated carbocycles. The fourth-order valence-corrected chi connectivity index (χ4v) is 1.37. The van der Waals surface area contributed by atoms with E-state index in [1.807, 2.05) is 27.0 Å². The van der Waals surface area contributed by atoms with Crippen molar-refractivity contribution < 1.29 is 4.52 Å². The smallest absolute Gasteiger partial charge is 0.243 e.